The van der Waals surface area contributed by atoms with Crippen LogP contribution in [0.2, 0.25) is 0 Å². The first-order valence-electron chi connectivity index (χ1n) is 6.24. The molecule has 3 nitrogen and oxygen atoms in total. The molecule has 0 radical (unpaired) electrons. The van der Waals surface area contributed by atoms with Gasteiger partial charge in [-0.05, 0) is 24.1 Å². The molecule has 0 saturated heterocycles. The predicted octanol–water partition coefficient (Wildman–Crippen LogP) is 2.75. The monoisotopic (exact) mass is 250 g/mol. The predicted molar refractivity (Wildman–Crippen MR) is 76.3 cm³/mol. The minimum Gasteiger partial charge on any atom is -0.294 e. The molecule has 0 spiro atoms. The lowest BCUT2D eigenvalue weighted by Gasteiger charge is -2.07. The maximum atomic E-state index is 12.5. The van der Waals surface area contributed by atoms with Crippen LogP contribution in [-0.2, 0) is 6.54 Å². The Morgan fingerprint density at radius 3 is 2.63 bits per heavy atom. The van der Waals surface area contributed by atoms with Crippen LogP contribution in [0.3, 0.4) is 0 Å². The first-order chi connectivity index (χ1) is 9.25. The average molecular weight is 250 g/mol. The normalized spacial score (nSPS) is 10.8. The van der Waals surface area contributed by atoms with Gasteiger partial charge in [0.1, 0.15) is 0 Å². The molecule has 94 valence electrons. The van der Waals surface area contributed by atoms with Crippen LogP contribution in [0.1, 0.15) is 11.1 Å². The molecule has 0 unspecified atom stereocenters. The molecule has 0 N–H and O–H groups in total. The van der Waals surface area contributed by atoms with Crippen LogP contribution in [0, 0.1) is 6.92 Å². The number of benzene rings is 2. The van der Waals surface area contributed by atoms with Crippen molar-refractivity contribution in [2.45, 2.75) is 13.5 Å². The molecule has 0 aliphatic rings. The van der Waals surface area contributed by atoms with E-state index in [0.717, 1.165) is 16.6 Å². The standard InChI is InChI=1S/C16H14N2O/c1-12-6-5-9-14-15(12)16(19)18(11-17-14)10-13-7-3-2-4-8-13/h2-9,11H,10H2,1H3. The van der Waals surface area contributed by atoms with Crippen molar-refractivity contribution in [1.82, 2.24) is 9.55 Å². The van der Waals surface area contributed by atoms with Gasteiger partial charge >= 0.3 is 0 Å². The highest BCUT2D eigenvalue weighted by Crippen LogP contribution is 2.11. The molecule has 0 saturated carbocycles. The summed E-state index contributed by atoms with van der Waals surface area (Å²) in [7, 11) is 0. The van der Waals surface area contributed by atoms with Crippen molar-refractivity contribution in [2.75, 3.05) is 0 Å². The fourth-order valence-corrected chi connectivity index (χ4v) is 2.26. The Kier molecular flexibility index (Phi) is 2.88. The number of aryl methyl sites for hydroxylation is 1. The van der Waals surface area contributed by atoms with Gasteiger partial charge < -0.3 is 0 Å². The second-order valence-corrected chi connectivity index (χ2v) is 4.63. The van der Waals surface area contributed by atoms with Gasteiger partial charge in [0.15, 0.2) is 0 Å². The van der Waals surface area contributed by atoms with Gasteiger partial charge in [-0.2, -0.15) is 0 Å². The summed E-state index contributed by atoms with van der Waals surface area (Å²) in [6.45, 7) is 2.50. The largest absolute Gasteiger partial charge is 0.294 e. The zero-order valence-corrected chi connectivity index (χ0v) is 10.7. The van der Waals surface area contributed by atoms with E-state index in [1.807, 2.05) is 55.5 Å². The Hall–Kier alpha value is -2.42. The summed E-state index contributed by atoms with van der Waals surface area (Å²) in [5.41, 5.74) is 2.85. The molecular weight excluding hydrogens is 236 g/mol. The van der Waals surface area contributed by atoms with Crippen molar-refractivity contribution in [2.24, 2.45) is 0 Å². The molecule has 0 fully saturated rings. The molecule has 3 heteroatoms. The van der Waals surface area contributed by atoms with E-state index in [0.29, 0.717) is 11.9 Å². The second-order valence-electron chi connectivity index (χ2n) is 4.63. The highest BCUT2D eigenvalue weighted by atomic mass is 16.1. The quantitative estimate of drug-likeness (QED) is 0.701. The van der Waals surface area contributed by atoms with Crippen LogP contribution >= 0.6 is 0 Å². The van der Waals surface area contributed by atoms with Gasteiger partial charge in [-0.1, -0.05) is 42.5 Å². The molecule has 3 aromatic rings. The summed E-state index contributed by atoms with van der Waals surface area (Å²) in [6.07, 6.45) is 1.62. The van der Waals surface area contributed by atoms with Crippen molar-refractivity contribution >= 4 is 10.9 Å². The Bertz CT molecular complexity index is 776. The number of rotatable bonds is 2. The Balaban J connectivity index is 2.13. The second kappa shape index (κ2) is 4.69. The van der Waals surface area contributed by atoms with E-state index in [4.69, 9.17) is 0 Å². The fraction of sp³-hybridized carbons (Fsp3) is 0.125. The van der Waals surface area contributed by atoms with Gasteiger partial charge in [-0.3, -0.25) is 9.36 Å². The summed E-state index contributed by atoms with van der Waals surface area (Å²) < 4.78 is 1.66. The van der Waals surface area contributed by atoms with Crippen molar-refractivity contribution in [1.29, 1.82) is 0 Å². The highest BCUT2D eigenvalue weighted by Gasteiger charge is 2.06. The molecule has 0 amide bonds. The first-order valence-corrected chi connectivity index (χ1v) is 6.24. The third-order valence-corrected chi connectivity index (χ3v) is 3.26. The summed E-state index contributed by atoms with van der Waals surface area (Å²) in [5, 5.41) is 0.709. The maximum absolute atomic E-state index is 12.5. The van der Waals surface area contributed by atoms with Crippen LogP contribution in [0.15, 0.2) is 59.7 Å². The molecule has 0 aliphatic heterocycles. The molecule has 2 aromatic carbocycles. The molecular formula is C16H14N2O. The number of nitrogens with zero attached hydrogens (tertiary/aromatic N) is 2. The van der Waals surface area contributed by atoms with E-state index in [1.165, 1.54) is 0 Å². The van der Waals surface area contributed by atoms with Gasteiger partial charge in [0, 0.05) is 0 Å². The number of fused-ring (bicyclic) bond motifs is 1. The van der Waals surface area contributed by atoms with Crippen molar-refractivity contribution < 1.29 is 0 Å². The number of hydrogen-bond donors (Lipinski definition) is 0. The Labute approximate surface area is 111 Å². The SMILES string of the molecule is Cc1cccc2ncn(Cc3ccccc3)c(=O)c12. The lowest BCUT2D eigenvalue weighted by molar-refractivity contribution is 0.748. The molecule has 0 aliphatic carbocycles. The van der Waals surface area contributed by atoms with Crippen LogP contribution in [0.4, 0.5) is 0 Å². The number of hydrogen-bond acceptors (Lipinski definition) is 2. The van der Waals surface area contributed by atoms with Gasteiger partial charge in [0.05, 0.1) is 23.8 Å². The van der Waals surface area contributed by atoms with Crippen LogP contribution in [-0.4, -0.2) is 9.55 Å². The van der Waals surface area contributed by atoms with Crippen LogP contribution < -0.4 is 5.56 Å². The summed E-state index contributed by atoms with van der Waals surface area (Å²) in [6, 6.07) is 15.7. The van der Waals surface area contributed by atoms with Gasteiger partial charge in [0.2, 0.25) is 0 Å². The molecule has 1 aromatic heterocycles. The summed E-state index contributed by atoms with van der Waals surface area (Å²) in [4.78, 5) is 16.8. The van der Waals surface area contributed by atoms with Gasteiger partial charge in [-0.15, -0.1) is 0 Å². The van der Waals surface area contributed by atoms with E-state index < -0.39 is 0 Å². The van der Waals surface area contributed by atoms with Gasteiger partial charge in [0.25, 0.3) is 5.56 Å². The third kappa shape index (κ3) is 2.15. The van der Waals surface area contributed by atoms with Crippen LogP contribution in [0.25, 0.3) is 10.9 Å². The van der Waals surface area contributed by atoms with Crippen molar-refractivity contribution in [3.63, 3.8) is 0 Å². The summed E-state index contributed by atoms with van der Waals surface area (Å²) >= 11 is 0. The van der Waals surface area contributed by atoms with Gasteiger partial charge in [-0.25, -0.2) is 4.98 Å². The Morgan fingerprint density at radius 1 is 1.05 bits per heavy atom. The molecule has 0 bridgehead atoms. The zero-order valence-electron chi connectivity index (χ0n) is 10.7. The number of aromatic nitrogens is 2. The topological polar surface area (TPSA) is 34.9 Å². The lowest BCUT2D eigenvalue weighted by atomic mass is 10.1. The summed E-state index contributed by atoms with van der Waals surface area (Å²) in [5.74, 6) is 0. The smallest absolute Gasteiger partial charge is 0.261 e. The molecule has 3 rings (SSSR count). The van der Waals surface area contributed by atoms with E-state index in [-0.39, 0.29) is 5.56 Å². The zero-order chi connectivity index (χ0) is 13.2. The fourth-order valence-electron chi connectivity index (χ4n) is 2.26. The Morgan fingerprint density at radius 2 is 1.84 bits per heavy atom. The first kappa shape index (κ1) is 11.7. The minimum atomic E-state index is 0.0203. The van der Waals surface area contributed by atoms with Crippen molar-refractivity contribution in [3.05, 3.63) is 76.3 Å². The molecule has 0 atom stereocenters. The van der Waals surface area contributed by atoms with E-state index in [1.54, 1.807) is 10.9 Å². The van der Waals surface area contributed by atoms with E-state index in [2.05, 4.69) is 4.98 Å². The molecule has 19 heavy (non-hydrogen) atoms. The maximum Gasteiger partial charge on any atom is 0.261 e. The molecule has 1 heterocycles. The average Bonchev–Trinajstić information content (AvgIpc) is 2.43. The minimum absolute atomic E-state index is 0.0203. The van der Waals surface area contributed by atoms with Crippen LogP contribution in [0.5, 0.6) is 0 Å². The lowest BCUT2D eigenvalue weighted by Crippen LogP contribution is -2.21. The highest BCUT2D eigenvalue weighted by molar-refractivity contribution is 5.80. The van der Waals surface area contributed by atoms with E-state index in [9.17, 15) is 4.79 Å². The van der Waals surface area contributed by atoms with E-state index >= 15 is 0 Å². The third-order valence-electron chi connectivity index (χ3n) is 3.26. The van der Waals surface area contributed by atoms with Crippen molar-refractivity contribution in [3.8, 4) is 0 Å².